The summed E-state index contributed by atoms with van der Waals surface area (Å²) in [7, 11) is 0. The molecule has 2 aromatic heterocycles. The number of fused-ring (bicyclic) bond motifs is 1. The highest BCUT2D eigenvalue weighted by Crippen LogP contribution is 2.33. The molecule has 0 bridgehead atoms. The number of benzene rings is 1. The highest BCUT2D eigenvalue weighted by atomic mass is 19.1. The number of aromatic amines is 1. The summed E-state index contributed by atoms with van der Waals surface area (Å²) in [6, 6.07) is 9.74. The molecule has 1 N–H and O–H groups in total. The van der Waals surface area contributed by atoms with Crippen molar-refractivity contribution in [2.75, 3.05) is 26.3 Å². The number of carbonyl (C=O) groups excluding carboxylic acids is 2. The second kappa shape index (κ2) is 9.43. The summed E-state index contributed by atoms with van der Waals surface area (Å²) in [5.74, 6) is -0.389. The van der Waals surface area contributed by atoms with Crippen molar-refractivity contribution in [2.45, 2.75) is 57.4 Å². The molecule has 1 saturated carbocycles. The summed E-state index contributed by atoms with van der Waals surface area (Å²) in [5, 5.41) is 4.32. The number of amides is 2. The predicted molar refractivity (Wildman–Crippen MR) is 138 cm³/mol. The van der Waals surface area contributed by atoms with Gasteiger partial charge in [-0.05, 0) is 43.2 Å². The number of likely N-dealkylation sites (tertiary alicyclic amines) is 2. The zero-order valence-electron chi connectivity index (χ0n) is 21.1. The third kappa shape index (κ3) is 4.14. The Kier molecular flexibility index (Phi) is 6.09. The molecule has 8 nitrogen and oxygen atoms in total. The number of H-pyrrole nitrogens is 1. The topological polar surface area (TPSA) is 90.8 Å². The lowest BCUT2D eigenvalue weighted by Crippen LogP contribution is -2.52. The van der Waals surface area contributed by atoms with Gasteiger partial charge in [0.05, 0.1) is 12.4 Å². The molecule has 1 atom stereocenters. The van der Waals surface area contributed by atoms with Crippen LogP contribution in [0, 0.1) is 5.92 Å². The van der Waals surface area contributed by atoms with Crippen molar-refractivity contribution in [3.63, 3.8) is 0 Å². The fraction of sp³-hybridized carbons (Fsp3) is 0.500. The van der Waals surface area contributed by atoms with Crippen LogP contribution in [-0.4, -0.2) is 68.6 Å². The van der Waals surface area contributed by atoms with Gasteiger partial charge in [0, 0.05) is 37.7 Å². The van der Waals surface area contributed by atoms with E-state index in [1.807, 2.05) is 19.1 Å². The number of carbonyl (C=O) groups is 2. The average Bonchev–Trinajstić information content (AvgIpc) is 3.28. The first kappa shape index (κ1) is 23.9. The lowest BCUT2D eigenvalue weighted by atomic mass is 9.84. The maximum Gasteiger partial charge on any atom is 0.275 e. The van der Waals surface area contributed by atoms with Crippen LogP contribution in [0.1, 0.15) is 77.8 Å². The summed E-state index contributed by atoms with van der Waals surface area (Å²) < 4.78 is 14.2. The number of nitrogens with zero attached hydrogens (tertiary/aromatic N) is 4. The Hall–Kier alpha value is -3.49. The largest absolute Gasteiger partial charge is 0.339 e. The molecule has 1 aliphatic carbocycles. The molecule has 3 aromatic rings. The van der Waals surface area contributed by atoms with E-state index in [4.69, 9.17) is 0 Å². The molecule has 37 heavy (non-hydrogen) atoms. The maximum absolute atomic E-state index is 13.5. The van der Waals surface area contributed by atoms with Crippen molar-refractivity contribution < 1.29 is 14.0 Å². The minimum absolute atomic E-state index is 0.0293. The van der Waals surface area contributed by atoms with Crippen molar-refractivity contribution in [3.05, 3.63) is 57.5 Å². The van der Waals surface area contributed by atoms with Gasteiger partial charge in [0.2, 0.25) is 0 Å². The smallest absolute Gasteiger partial charge is 0.275 e. The number of nitrogens with one attached hydrogen (secondary N) is 1. The summed E-state index contributed by atoms with van der Waals surface area (Å²) >= 11 is 0. The van der Waals surface area contributed by atoms with Crippen LogP contribution in [0.15, 0.2) is 35.1 Å². The van der Waals surface area contributed by atoms with Crippen molar-refractivity contribution >= 4 is 17.5 Å². The maximum atomic E-state index is 13.5. The second-order valence-corrected chi connectivity index (χ2v) is 10.8. The van der Waals surface area contributed by atoms with E-state index in [0.29, 0.717) is 18.2 Å². The molecule has 1 unspecified atom stereocenters. The van der Waals surface area contributed by atoms with Gasteiger partial charge in [0.1, 0.15) is 5.56 Å². The minimum atomic E-state index is -0.493. The van der Waals surface area contributed by atoms with Crippen molar-refractivity contribution in [1.82, 2.24) is 24.4 Å². The highest BCUT2D eigenvalue weighted by Gasteiger charge is 2.39. The van der Waals surface area contributed by atoms with Gasteiger partial charge in [0.15, 0.2) is 11.3 Å². The molecular formula is C28H32FN5O3. The van der Waals surface area contributed by atoms with Crippen molar-refractivity contribution in [3.8, 4) is 11.3 Å². The Morgan fingerprint density at radius 3 is 2.41 bits per heavy atom. The molecule has 6 rings (SSSR count). The van der Waals surface area contributed by atoms with E-state index in [-0.39, 0.29) is 47.9 Å². The molecule has 9 heteroatoms. The Labute approximate surface area is 214 Å². The Balaban J connectivity index is 1.40. The summed E-state index contributed by atoms with van der Waals surface area (Å²) in [6.45, 7) is 2.61. The van der Waals surface area contributed by atoms with Crippen LogP contribution >= 0.6 is 0 Å². The molecule has 1 aromatic carbocycles. The first-order chi connectivity index (χ1) is 17.9. The van der Waals surface area contributed by atoms with Gasteiger partial charge in [-0.1, -0.05) is 43.5 Å². The minimum Gasteiger partial charge on any atom is -0.339 e. The fourth-order valence-corrected chi connectivity index (χ4v) is 5.87. The molecule has 2 aliphatic heterocycles. The van der Waals surface area contributed by atoms with Crippen LogP contribution < -0.4 is 5.56 Å². The van der Waals surface area contributed by atoms with Crippen LogP contribution in [0.5, 0.6) is 0 Å². The van der Waals surface area contributed by atoms with Gasteiger partial charge in [-0.25, -0.2) is 0 Å². The number of aromatic nitrogens is 3. The van der Waals surface area contributed by atoms with E-state index < -0.39 is 18.1 Å². The molecule has 194 valence electrons. The lowest BCUT2D eigenvalue weighted by Gasteiger charge is -2.39. The Morgan fingerprint density at radius 1 is 1.05 bits per heavy atom. The Bertz CT molecular complexity index is 1400. The van der Waals surface area contributed by atoms with Crippen LogP contribution in [0.4, 0.5) is 4.39 Å². The molecule has 0 radical (unpaired) electrons. The zero-order chi connectivity index (χ0) is 25.7. The number of halogens is 1. The van der Waals surface area contributed by atoms with Gasteiger partial charge >= 0.3 is 0 Å². The summed E-state index contributed by atoms with van der Waals surface area (Å²) in [4.78, 5) is 46.4. The van der Waals surface area contributed by atoms with Gasteiger partial charge in [-0.3, -0.25) is 18.8 Å². The van der Waals surface area contributed by atoms with E-state index in [0.717, 1.165) is 16.5 Å². The number of rotatable bonds is 5. The molecule has 3 aliphatic rings. The van der Waals surface area contributed by atoms with Gasteiger partial charge < -0.3 is 14.8 Å². The van der Waals surface area contributed by atoms with Gasteiger partial charge in [0.25, 0.3) is 17.4 Å². The van der Waals surface area contributed by atoms with Gasteiger partial charge in [-0.15, -0.1) is 0 Å². The van der Waals surface area contributed by atoms with E-state index in [9.17, 15) is 18.8 Å². The van der Waals surface area contributed by atoms with Crippen molar-refractivity contribution in [1.29, 1.82) is 0 Å². The molecule has 2 saturated heterocycles. The van der Waals surface area contributed by atoms with Crippen LogP contribution in [-0.2, 0) is 0 Å². The normalized spacial score (nSPS) is 20.6. The van der Waals surface area contributed by atoms with Crippen LogP contribution in [0.3, 0.4) is 0 Å². The number of hydrogen-bond acceptors (Lipinski definition) is 4. The third-order valence-corrected chi connectivity index (χ3v) is 8.37. The van der Waals surface area contributed by atoms with Crippen LogP contribution in [0.2, 0.25) is 0 Å². The molecular weight excluding hydrogens is 473 g/mol. The van der Waals surface area contributed by atoms with E-state index in [1.54, 1.807) is 4.90 Å². The lowest BCUT2D eigenvalue weighted by molar-refractivity contribution is 0.0430. The SMILES string of the molecule is CC1CCN1C(=O)c1nn2c(=O)cc(-c3ccc(C4CCCCC4)cc3)[nH]c2c1C(=O)N1CC(CF)C1. The van der Waals surface area contributed by atoms with E-state index in [1.165, 1.54) is 48.6 Å². The quantitative estimate of drug-likeness (QED) is 0.567. The molecule has 0 spiro atoms. The Morgan fingerprint density at radius 2 is 1.78 bits per heavy atom. The second-order valence-electron chi connectivity index (χ2n) is 10.8. The standard InChI is InChI=1S/C28H32FN5O3/c1-17-11-12-33(17)28(37)25-24(27(36)32-15-18(14-29)16-32)26-30-22(13-23(35)34(26)31-25)21-9-7-20(8-10-21)19-5-3-2-4-6-19/h7-10,13,17-19,30H,2-6,11-12,14-16H2,1H3. The van der Waals surface area contributed by atoms with E-state index in [2.05, 4.69) is 22.2 Å². The first-order valence-corrected chi connectivity index (χ1v) is 13.4. The number of alkyl halides is 1. The molecule has 2 amide bonds. The number of hydrogen-bond donors (Lipinski definition) is 1. The average molecular weight is 506 g/mol. The van der Waals surface area contributed by atoms with E-state index >= 15 is 0 Å². The highest BCUT2D eigenvalue weighted by molar-refractivity contribution is 6.10. The van der Waals surface area contributed by atoms with Crippen LogP contribution in [0.25, 0.3) is 16.9 Å². The van der Waals surface area contributed by atoms with Gasteiger partial charge in [-0.2, -0.15) is 9.61 Å². The predicted octanol–water partition coefficient (Wildman–Crippen LogP) is 4.01. The molecule has 4 heterocycles. The fourth-order valence-electron chi connectivity index (χ4n) is 5.87. The molecule has 3 fully saturated rings. The van der Waals surface area contributed by atoms with Crippen molar-refractivity contribution in [2.24, 2.45) is 5.92 Å². The zero-order valence-corrected chi connectivity index (χ0v) is 21.1. The summed E-state index contributed by atoms with van der Waals surface area (Å²) in [6.07, 6.45) is 7.11. The monoisotopic (exact) mass is 505 g/mol. The summed E-state index contributed by atoms with van der Waals surface area (Å²) in [5.41, 5.74) is 2.52. The third-order valence-electron chi connectivity index (χ3n) is 8.37. The first-order valence-electron chi connectivity index (χ1n) is 13.4.